The maximum Gasteiger partial charge on any atom is 0.296 e. The highest BCUT2D eigenvalue weighted by molar-refractivity contribution is 6.35. The van der Waals surface area contributed by atoms with Crippen LogP contribution in [0.3, 0.4) is 0 Å². The Labute approximate surface area is 156 Å². The fourth-order valence-corrected chi connectivity index (χ4v) is 3.04. The molecule has 1 aliphatic heterocycles. The molecule has 3 rings (SSSR count). The quantitative estimate of drug-likeness (QED) is 0.814. The number of aliphatic hydroxyl groups is 1. The van der Waals surface area contributed by atoms with E-state index in [1.165, 1.54) is 0 Å². The normalized spacial score (nSPS) is 14.3. The summed E-state index contributed by atoms with van der Waals surface area (Å²) in [5.74, 6) is -1.14. The van der Waals surface area contributed by atoms with Crippen molar-refractivity contribution in [2.75, 3.05) is 13.2 Å². The molecule has 0 atom stereocenters. The molecule has 6 heteroatoms. The van der Waals surface area contributed by atoms with E-state index >= 15 is 0 Å². The van der Waals surface area contributed by atoms with Gasteiger partial charge in [0.25, 0.3) is 11.8 Å². The first-order chi connectivity index (χ1) is 12.4. The predicted molar refractivity (Wildman–Crippen MR) is 99.1 cm³/mol. The highest BCUT2D eigenvalue weighted by Crippen LogP contribution is 2.28. The Kier molecular flexibility index (Phi) is 5.00. The number of imide groups is 1. The molecular weight excluding hydrogens is 354 g/mol. The van der Waals surface area contributed by atoms with E-state index in [2.05, 4.69) is 0 Å². The molecule has 1 N–H and O–H groups in total. The lowest BCUT2D eigenvalue weighted by atomic mass is 10.1. The van der Waals surface area contributed by atoms with Gasteiger partial charge in [0, 0.05) is 5.02 Å². The second-order valence-corrected chi connectivity index (χ2v) is 6.60. The Morgan fingerprint density at radius 1 is 1.00 bits per heavy atom. The zero-order valence-corrected chi connectivity index (χ0v) is 15.2. The lowest BCUT2D eigenvalue weighted by Gasteiger charge is -2.15. The molecule has 0 saturated carbocycles. The number of ether oxygens (including phenoxy) is 1. The molecule has 0 radical (unpaired) electrons. The molecule has 0 spiro atoms. The molecular formula is C20H18ClNO4. The van der Waals surface area contributed by atoms with Crippen LogP contribution in [0.25, 0.3) is 5.57 Å². The lowest BCUT2D eigenvalue weighted by Crippen LogP contribution is -2.35. The number of hydrogen-bond donors (Lipinski definition) is 1. The Balaban J connectivity index is 1.69. The number of hydrogen-bond acceptors (Lipinski definition) is 4. The zero-order chi connectivity index (χ0) is 18.8. The number of aliphatic hydroxyl groups excluding tert-OH is 1. The summed E-state index contributed by atoms with van der Waals surface area (Å²) in [6.45, 7) is 4.12. The molecule has 2 amide bonds. The maximum atomic E-state index is 12.6. The van der Waals surface area contributed by atoms with E-state index in [-0.39, 0.29) is 18.7 Å². The van der Waals surface area contributed by atoms with Gasteiger partial charge in [-0.05, 0) is 54.8 Å². The first-order valence-corrected chi connectivity index (χ1v) is 8.51. The number of rotatable bonds is 5. The van der Waals surface area contributed by atoms with Gasteiger partial charge in [-0.3, -0.25) is 14.5 Å². The highest BCUT2D eigenvalue weighted by atomic mass is 35.5. The largest absolute Gasteiger partial charge is 0.502 e. The van der Waals surface area contributed by atoms with Crippen molar-refractivity contribution in [1.82, 2.24) is 4.90 Å². The first-order valence-electron chi connectivity index (χ1n) is 8.13. The van der Waals surface area contributed by atoms with Gasteiger partial charge in [0.05, 0.1) is 12.1 Å². The van der Waals surface area contributed by atoms with Crippen molar-refractivity contribution in [2.45, 2.75) is 13.8 Å². The third-order valence-corrected chi connectivity index (χ3v) is 4.31. The maximum absolute atomic E-state index is 12.6. The summed E-state index contributed by atoms with van der Waals surface area (Å²) >= 11 is 5.84. The highest BCUT2D eigenvalue weighted by Gasteiger charge is 2.38. The van der Waals surface area contributed by atoms with Gasteiger partial charge < -0.3 is 9.84 Å². The Hall–Kier alpha value is -2.79. The third-order valence-electron chi connectivity index (χ3n) is 4.06. The van der Waals surface area contributed by atoms with E-state index in [4.69, 9.17) is 16.3 Å². The number of benzene rings is 2. The molecule has 0 fully saturated rings. The number of aryl methyl sites for hydroxylation is 2. The number of nitrogens with zero attached hydrogens (tertiary/aromatic N) is 1. The average molecular weight is 372 g/mol. The smallest absolute Gasteiger partial charge is 0.296 e. The number of carbonyl (C=O) groups is 2. The summed E-state index contributed by atoms with van der Waals surface area (Å²) in [4.78, 5) is 25.8. The monoisotopic (exact) mass is 371 g/mol. The van der Waals surface area contributed by atoms with Crippen LogP contribution in [-0.2, 0) is 9.59 Å². The lowest BCUT2D eigenvalue weighted by molar-refractivity contribution is -0.138. The molecule has 1 aliphatic rings. The standard InChI is InChI=1S/C20H18ClNO4/c1-12-9-13(2)11-16(10-12)26-8-7-22-19(24)17(18(23)20(22)25)14-3-5-15(21)6-4-14/h3-6,9-11,23H,7-8H2,1-2H3. The molecule has 1 heterocycles. The van der Waals surface area contributed by atoms with Crippen LogP contribution in [0, 0.1) is 13.8 Å². The number of carbonyl (C=O) groups excluding carboxylic acids is 2. The Morgan fingerprint density at radius 3 is 2.23 bits per heavy atom. The molecule has 0 unspecified atom stereocenters. The van der Waals surface area contributed by atoms with Crippen LogP contribution >= 0.6 is 11.6 Å². The average Bonchev–Trinajstić information content (AvgIpc) is 2.78. The van der Waals surface area contributed by atoms with Crippen molar-refractivity contribution in [2.24, 2.45) is 0 Å². The van der Waals surface area contributed by atoms with Crippen molar-refractivity contribution < 1.29 is 19.4 Å². The van der Waals surface area contributed by atoms with Gasteiger partial charge in [-0.2, -0.15) is 0 Å². The van der Waals surface area contributed by atoms with E-state index in [0.717, 1.165) is 16.0 Å². The van der Waals surface area contributed by atoms with Crippen LogP contribution in [0.4, 0.5) is 0 Å². The van der Waals surface area contributed by atoms with Crippen molar-refractivity contribution >= 4 is 29.0 Å². The van der Waals surface area contributed by atoms with Crippen LogP contribution in [0.1, 0.15) is 16.7 Å². The van der Waals surface area contributed by atoms with Gasteiger partial charge in [0.2, 0.25) is 0 Å². The van der Waals surface area contributed by atoms with Crippen LogP contribution in [-0.4, -0.2) is 35.0 Å². The summed E-state index contributed by atoms with van der Waals surface area (Å²) in [6, 6.07) is 12.2. The molecule has 2 aromatic carbocycles. The zero-order valence-electron chi connectivity index (χ0n) is 14.5. The summed E-state index contributed by atoms with van der Waals surface area (Å²) in [7, 11) is 0. The van der Waals surface area contributed by atoms with Crippen LogP contribution in [0.2, 0.25) is 5.02 Å². The van der Waals surface area contributed by atoms with Crippen LogP contribution in [0.15, 0.2) is 48.2 Å². The van der Waals surface area contributed by atoms with Gasteiger partial charge in [-0.25, -0.2) is 0 Å². The van der Waals surface area contributed by atoms with E-state index < -0.39 is 17.6 Å². The Bertz CT molecular complexity index is 882. The molecule has 5 nitrogen and oxygen atoms in total. The van der Waals surface area contributed by atoms with Crippen molar-refractivity contribution in [1.29, 1.82) is 0 Å². The topological polar surface area (TPSA) is 66.8 Å². The van der Waals surface area contributed by atoms with Gasteiger partial charge >= 0.3 is 0 Å². The van der Waals surface area contributed by atoms with E-state index in [1.807, 2.05) is 32.0 Å². The molecule has 0 aliphatic carbocycles. The van der Waals surface area contributed by atoms with Crippen molar-refractivity contribution in [3.05, 3.63) is 69.9 Å². The summed E-state index contributed by atoms with van der Waals surface area (Å²) < 4.78 is 5.65. The van der Waals surface area contributed by atoms with Crippen molar-refractivity contribution in [3.63, 3.8) is 0 Å². The summed E-state index contributed by atoms with van der Waals surface area (Å²) in [6.07, 6.45) is 0. The van der Waals surface area contributed by atoms with Crippen LogP contribution < -0.4 is 4.74 Å². The van der Waals surface area contributed by atoms with Gasteiger partial charge in [0.15, 0.2) is 5.76 Å². The van der Waals surface area contributed by atoms with E-state index in [1.54, 1.807) is 24.3 Å². The second kappa shape index (κ2) is 7.22. The van der Waals surface area contributed by atoms with Gasteiger partial charge in [0.1, 0.15) is 12.4 Å². The molecule has 26 heavy (non-hydrogen) atoms. The SMILES string of the molecule is Cc1cc(C)cc(OCCN2C(=O)C(O)=C(c3ccc(Cl)cc3)C2=O)c1. The molecule has 0 saturated heterocycles. The summed E-state index contributed by atoms with van der Waals surface area (Å²) in [5, 5.41) is 10.6. The molecule has 0 bridgehead atoms. The Morgan fingerprint density at radius 2 is 1.62 bits per heavy atom. The fraction of sp³-hybridized carbons (Fsp3) is 0.200. The number of halogens is 1. The van der Waals surface area contributed by atoms with E-state index in [9.17, 15) is 14.7 Å². The minimum atomic E-state index is -0.719. The van der Waals surface area contributed by atoms with Gasteiger partial charge in [-0.1, -0.05) is 29.8 Å². The predicted octanol–water partition coefficient (Wildman–Crippen LogP) is 3.67. The number of amides is 2. The first kappa shape index (κ1) is 18.0. The minimum absolute atomic E-state index is 0.0157. The van der Waals surface area contributed by atoms with Crippen LogP contribution in [0.5, 0.6) is 5.75 Å². The minimum Gasteiger partial charge on any atom is -0.502 e. The second-order valence-electron chi connectivity index (χ2n) is 6.16. The summed E-state index contributed by atoms with van der Waals surface area (Å²) in [5.41, 5.74) is 2.57. The fourth-order valence-electron chi connectivity index (χ4n) is 2.91. The van der Waals surface area contributed by atoms with Gasteiger partial charge in [-0.15, -0.1) is 0 Å². The van der Waals surface area contributed by atoms with Crippen molar-refractivity contribution in [3.8, 4) is 5.75 Å². The molecule has 134 valence electrons. The molecule has 2 aromatic rings. The third kappa shape index (κ3) is 3.58. The molecule has 0 aromatic heterocycles. The van der Waals surface area contributed by atoms with E-state index in [0.29, 0.717) is 16.3 Å².